The van der Waals surface area contributed by atoms with Crippen molar-refractivity contribution in [3.8, 4) is 0 Å². The van der Waals surface area contributed by atoms with E-state index in [0.717, 1.165) is 6.07 Å². The second-order valence-electron chi connectivity index (χ2n) is 4.29. The molecular weight excluding hydrogens is 258 g/mol. The van der Waals surface area contributed by atoms with E-state index < -0.39 is 41.2 Å². The fourth-order valence-electron chi connectivity index (χ4n) is 1.77. The quantitative estimate of drug-likeness (QED) is 0.415. The van der Waals surface area contributed by atoms with Crippen LogP contribution in [0.4, 0.5) is 5.82 Å². The van der Waals surface area contributed by atoms with Gasteiger partial charge in [-0.25, -0.2) is 9.36 Å². The van der Waals surface area contributed by atoms with Crippen LogP contribution in [0, 0.1) is 0 Å². The number of hydrogen-bond donors (Lipinski definition) is 5. The third-order valence-corrected chi connectivity index (χ3v) is 2.90. The Bertz CT molecular complexity index is 656. The maximum Gasteiger partial charge on any atom is 0.337 e. The predicted octanol–water partition coefficient (Wildman–Crippen LogP) is -2.05. The topological polar surface area (TPSA) is 151 Å². The summed E-state index contributed by atoms with van der Waals surface area (Å²) in [5.74, 6) is -1.36. The molecule has 1 unspecified atom stereocenters. The molecule has 1 aliphatic rings. The number of aliphatic hydroxyl groups excluding tert-OH is 2. The summed E-state index contributed by atoms with van der Waals surface area (Å²) in [6.07, 6.45) is -1.15. The van der Waals surface area contributed by atoms with Crippen LogP contribution in [-0.4, -0.2) is 43.2 Å². The van der Waals surface area contributed by atoms with Gasteiger partial charge in [-0.15, -0.1) is 0 Å². The number of nitrogens with two attached hydrogens (primary N) is 1. The number of hydrogen-bond acceptors (Lipinski definition) is 7. The molecule has 0 bridgehead atoms. The van der Waals surface area contributed by atoms with E-state index in [0.29, 0.717) is 4.57 Å². The van der Waals surface area contributed by atoms with Gasteiger partial charge in [0.25, 0.3) is 5.56 Å². The van der Waals surface area contributed by atoms with E-state index in [4.69, 9.17) is 15.6 Å². The number of nitrogens with zero attached hydrogens (tertiary/aromatic N) is 1. The molecule has 19 heavy (non-hydrogen) atoms. The van der Waals surface area contributed by atoms with E-state index in [9.17, 15) is 19.8 Å². The Morgan fingerprint density at radius 3 is 2.68 bits per heavy atom. The van der Waals surface area contributed by atoms with E-state index in [1.165, 1.54) is 6.92 Å². The summed E-state index contributed by atoms with van der Waals surface area (Å²) in [5.41, 5.74) is 2.01. The van der Waals surface area contributed by atoms with Crippen LogP contribution in [0.1, 0.15) is 6.92 Å². The molecule has 0 aromatic carbocycles. The maximum atomic E-state index is 11.7. The number of anilines is 1. The molecule has 104 valence electrons. The Morgan fingerprint density at radius 1 is 1.58 bits per heavy atom. The van der Waals surface area contributed by atoms with E-state index in [1.54, 1.807) is 0 Å². The number of nitrogens with one attached hydrogen (secondary N) is 1. The van der Waals surface area contributed by atoms with Gasteiger partial charge in [-0.3, -0.25) is 9.78 Å². The first-order chi connectivity index (χ1) is 8.78. The number of ether oxygens (including phenoxy) is 1. The summed E-state index contributed by atoms with van der Waals surface area (Å²) in [7, 11) is 0. The van der Waals surface area contributed by atoms with Crippen molar-refractivity contribution in [1.29, 1.82) is 0 Å². The normalized spacial score (nSPS) is 26.6. The number of aromatic amines is 1. The van der Waals surface area contributed by atoms with Crippen molar-refractivity contribution in [3.63, 3.8) is 0 Å². The average Bonchev–Trinajstić information content (AvgIpc) is 2.51. The highest BCUT2D eigenvalue weighted by molar-refractivity contribution is 5.53. The average molecular weight is 271 g/mol. The van der Waals surface area contributed by atoms with Gasteiger partial charge in [-0.1, -0.05) is 0 Å². The number of rotatable bonds is 2. The lowest BCUT2D eigenvalue weighted by Gasteiger charge is -2.21. The Hall–Kier alpha value is -2.26. The summed E-state index contributed by atoms with van der Waals surface area (Å²) in [6, 6.07) is 0.923. The van der Waals surface area contributed by atoms with Gasteiger partial charge < -0.3 is 25.8 Å². The molecular formula is C10H13N3O6. The van der Waals surface area contributed by atoms with Crippen molar-refractivity contribution in [2.24, 2.45) is 0 Å². The molecule has 2 rings (SSSR count). The zero-order valence-electron chi connectivity index (χ0n) is 9.95. The summed E-state index contributed by atoms with van der Waals surface area (Å²) >= 11 is 0. The second-order valence-corrected chi connectivity index (χ2v) is 4.29. The minimum Gasteiger partial charge on any atom is -0.505 e. The highest BCUT2D eigenvalue weighted by atomic mass is 16.6. The first-order valence-electron chi connectivity index (χ1n) is 5.35. The first-order valence-corrected chi connectivity index (χ1v) is 5.35. The molecule has 2 heterocycles. The number of nitrogen functional groups attached to an aromatic ring is 1. The molecule has 0 saturated carbocycles. The second kappa shape index (κ2) is 4.14. The van der Waals surface area contributed by atoms with Gasteiger partial charge in [0.2, 0.25) is 5.88 Å². The lowest BCUT2D eigenvalue weighted by molar-refractivity contribution is -0.0511. The Labute approximate surface area is 106 Å². The third kappa shape index (κ3) is 1.88. The molecule has 0 aliphatic carbocycles. The minimum atomic E-state index is -1.87. The SMILES string of the molecule is CC1(O)C(O)=C(n2c(N)cc(=O)[nH]c2=O)O[C@@H]1CO. The van der Waals surface area contributed by atoms with E-state index in [2.05, 4.69) is 0 Å². The smallest absolute Gasteiger partial charge is 0.337 e. The van der Waals surface area contributed by atoms with E-state index >= 15 is 0 Å². The summed E-state index contributed by atoms with van der Waals surface area (Å²) < 4.78 is 5.81. The number of aliphatic hydroxyl groups is 3. The number of aromatic nitrogens is 2. The van der Waals surface area contributed by atoms with E-state index in [-0.39, 0.29) is 5.82 Å². The van der Waals surface area contributed by atoms with Crippen molar-refractivity contribution in [1.82, 2.24) is 9.55 Å². The Morgan fingerprint density at radius 2 is 2.21 bits per heavy atom. The fraction of sp³-hybridized carbons (Fsp3) is 0.400. The summed E-state index contributed by atoms with van der Waals surface area (Å²) in [5, 5.41) is 28.9. The van der Waals surface area contributed by atoms with Gasteiger partial charge in [-0.05, 0) is 6.92 Å². The summed E-state index contributed by atoms with van der Waals surface area (Å²) in [6.45, 7) is 0.627. The first kappa shape index (κ1) is 13.2. The molecule has 9 nitrogen and oxygen atoms in total. The Balaban J connectivity index is 2.65. The molecule has 0 amide bonds. The highest BCUT2D eigenvalue weighted by Gasteiger charge is 2.47. The highest BCUT2D eigenvalue weighted by Crippen LogP contribution is 2.35. The van der Waals surface area contributed by atoms with Crippen molar-refractivity contribution in [2.45, 2.75) is 18.6 Å². The predicted molar refractivity (Wildman–Crippen MR) is 64.2 cm³/mol. The largest absolute Gasteiger partial charge is 0.505 e. The van der Waals surface area contributed by atoms with Gasteiger partial charge in [0.05, 0.1) is 6.61 Å². The van der Waals surface area contributed by atoms with Crippen LogP contribution in [0.15, 0.2) is 21.4 Å². The molecule has 0 fully saturated rings. The minimum absolute atomic E-state index is 0.273. The van der Waals surface area contributed by atoms with Crippen molar-refractivity contribution in [3.05, 3.63) is 32.7 Å². The molecule has 0 saturated heterocycles. The summed E-state index contributed by atoms with van der Waals surface area (Å²) in [4.78, 5) is 24.6. The van der Waals surface area contributed by atoms with Crippen LogP contribution >= 0.6 is 0 Å². The molecule has 9 heteroatoms. The van der Waals surface area contributed by atoms with Gasteiger partial charge in [-0.2, -0.15) is 0 Å². The molecule has 2 atom stereocenters. The van der Waals surface area contributed by atoms with Crippen LogP contribution in [0.25, 0.3) is 5.88 Å². The van der Waals surface area contributed by atoms with Crippen LogP contribution < -0.4 is 17.0 Å². The molecule has 0 radical (unpaired) electrons. The van der Waals surface area contributed by atoms with Gasteiger partial charge >= 0.3 is 5.69 Å². The van der Waals surface area contributed by atoms with Crippen LogP contribution in [-0.2, 0) is 4.74 Å². The van der Waals surface area contributed by atoms with Crippen LogP contribution in [0.5, 0.6) is 0 Å². The molecule has 1 aliphatic heterocycles. The monoisotopic (exact) mass is 271 g/mol. The number of H-pyrrole nitrogens is 1. The van der Waals surface area contributed by atoms with Crippen molar-refractivity contribution < 1.29 is 20.1 Å². The van der Waals surface area contributed by atoms with E-state index in [1.807, 2.05) is 4.98 Å². The molecule has 1 aromatic rings. The maximum absolute atomic E-state index is 11.7. The Kier molecular flexibility index (Phi) is 2.87. The zero-order valence-corrected chi connectivity index (χ0v) is 9.95. The lowest BCUT2D eigenvalue weighted by atomic mass is 9.99. The van der Waals surface area contributed by atoms with Crippen LogP contribution in [0.2, 0.25) is 0 Å². The van der Waals surface area contributed by atoms with Crippen LogP contribution in [0.3, 0.4) is 0 Å². The standard InChI is InChI=1S/C10H13N3O6/c1-10(18)4(3-14)19-8(7(10)16)13-5(11)2-6(15)12-9(13)17/h2,4,14,16,18H,3,11H2,1H3,(H,12,15,17)/t4-,10?/m1/s1. The van der Waals surface area contributed by atoms with Gasteiger partial charge in [0, 0.05) is 6.07 Å². The molecule has 6 N–H and O–H groups in total. The zero-order chi connectivity index (χ0) is 14.4. The van der Waals surface area contributed by atoms with Gasteiger partial charge in [0.1, 0.15) is 5.82 Å². The molecule has 1 aromatic heterocycles. The van der Waals surface area contributed by atoms with Crippen molar-refractivity contribution >= 4 is 11.7 Å². The van der Waals surface area contributed by atoms with Gasteiger partial charge in [0.15, 0.2) is 17.5 Å². The molecule has 0 spiro atoms. The lowest BCUT2D eigenvalue weighted by Crippen LogP contribution is -2.40. The third-order valence-electron chi connectivity index (χ3n) is 2.90. The fourth-order valence-corrected chi connectivity index (χ4v) is 1.77. The van der Waals surface area contributed by atoms with Crippen molar-refractivity contribution in [2.75, 3.05) is 12.3 Å².